The summed E-state index contributed by atoms with van der Waals surface area (Å²) >= 11 is 1.45. The Bertz CT molecular complexity index is 939. The summed E-state index contributed by atoms with van der Waals surface area (Å²) in [7, 11) is 0. The van der Waals surface area contributed by atoms with E-state index in [1.165, 1.54) is 30.0 Å². The minimum absolute atomic E-state index is 0.0471. The summed E-state index contributed by atoms with van der Waals surface area (Å²) < 4.78 is 2.26. The van der Waals surface area contributed by atoms with E-state index >= 15 is 0 Å². The Balaban J connectivity index is 1.47. The maximum atomic E-state index is 12.5. The SMILES string of the molecule is CC(C)(C)c1ncc(C(=O)Nc2ccc(-c3cn4c(n3)CCCC4)cc2)s1. The van der Waals surface area contributed by atoms with Crippen LogP contribution in [0.3, 0.4) is 0 Å². The summed E-state index contributed by atoms with van der Waals surface area (Å²) in [6, 6.07) is 7.88. The molecule has 0 spiro atoms. The van der Waals surface area contributed by atoms with Crippen molar-refractivity contribution >= 4 is 22.9 Å². The molecule has 3 aromatic rings. The van der Waals surface area contributed by atoms with Crippen molar-refractivity contribution in [2.45, 2.75) is 52.0 Å². The van der Waals surface area contributed by atoms with Crippen LogP contribution < -0.4 is 5.32 Å². The molecule has 140 valence electrons. The number of thiazole rings is 1. The first-order chi connectivity index (χ1) is 12.9. The van der Waals surface area contributed by atoms with Crippen LogP contribution in [-0.2, 0) is 18.4 Å². The predicted octanol–water partition coefficient (Wildman–Crippen LogP) is 4.89. The van der Waals surface area contributed by atoms with Gasteiger partial charge in [-0.15, -0.1) is 11.3 Å². The molecule has 0 fully saturated rings. The van der Waals surface area contributed by atoms with Crippen molar-refractivity contribution in [1.29, 1.82) is 0 Å². The van der Waals surface area contributed by atoms with Crippen molar-refractivity contribution in [2.24, 2.45) is 0 Å². The van der Waals surface area contributed by atoms with Gasteiger partial charge in [-0.25, -0.2) is 9.97 Å². The zero-order valence-electron chi connectivity index (χ0n) is 16.0. The van der Waals surface area contributed by atoms with Gasteiger partial charge in [-0.2, -0.15) is 0 Å². The summed E-state index contributed by atoms with van der Waals surface area (Å²) in [5, 5.41) is 3.92. The number of benzene rings is 1. The zero-order valence-corrected chi connectivity index (χ0v) is 16.8. The molecule has 0 bridgehead atoms. The summed E-state index contributed by atoms with van der Waals surface area (Å²) in [4.78, 5) is 22.3. The highest BCUT2D eigenvalue weighted by Crippen LogP contribution is 2.28. The fourth-order valence-electron chi connectivity index (χ4n) is 3.19. The van der Waals surface area contributed by atoms with Gasteiger partial charge in [0.2, 0.25) is 0 Å². The standard InChI is InChI=1S/C21H24N4OS/c1-21(2,3)20-22-12-17(27-20)19(26)23-15-9-7-14(8-10-15)16-13-25-11-5-4-6-18(25)24-16/h7-10,12-13H,4-6,11H2,1-3H3,(H,23,26). The van der Waals surface area contributed by atoms with Crippen LogP contribution in [0.2, 0.25) is 0 Å². The van der Waals surface area contributed by atoms with E-state index in [-0.39, 0.29) is 11.3 Å². The Kier molecular flexibility index (Phi) is 4.60. The fraction of sp³-hybridized carbons (Fsp3) is 0.381. The monoisotopic (exact) mass is 380 g/mol. The Morgan fingerprint density at radius 3 is 2.63 bits per heavy atom. The smallest absolute Gasteiger partial charge is 0.267 e. The lowest BCUT2D eigenvalue weighted by atomic mass is 9.98. The first-order valence-corrected chi connectivity index (χ1v) is 10.2. The molecule has 27 heavy (non-hydrogen) atoms. The third-order valence-electron chi connectivity index (χ3n) is 4.72. The number of carbonyl (C=O) groups excluding carboxylic acids is 1. The second kappa shape index (κ2) is 6.93. The Hall–Kier alpha value is -2.47. The number of imidazole rings is 1. The van der Waals surface area contributed by atoms with Gasteiger partial charge < -0.3 is 9.88 Å². The van der Waals surface area contributed by atoms with E-state index in [0.717, 1.165) is 34.9 Å². The molecule has 1 N–H and O–H groups in total. The Morgan fingerprint density at radius 2 is 1.96 bits per heavy atom. The van der Waals surface area contributed by atoms with Crippen molar-refractivity contribution in [2.75, 3.05) is 5.32 Å². The van der Waals surface area contributed by atoms with Crippen LogP contribution in [0.1, 0.15) is 54.1 Å². The second-order valence-corrected chi connectivity index (χ2v) is 9.03. The van der Waals surface area contributed by atoms with Crippen LogP contribution >= 0.6 is 11.3 Å². The quantitative estimate of drug-likeness (QED) is 0.703. The summed E-state index contributed by atoms with van der Waals surface area (Å²) in [6.07, 6.45) is 7.29. The van der Waals surface area contributed by atoms with Crippen LogP contribution in [-0.4, -0.2) is 20.4 Å². The molecule has 3 heterocycles. The topological polar surface area (TPSA) is 59.8 Å². The molecule has 1 amide bonds. The average Bonchev–Trinajstić information content (AvgIpc) is 3.29. The van der Waals surface area contributed by atoms with Gasteiger partial charge in [0.25, 0.3) is 5.91 Å². The first kappa shape index (κ1) is 17.9. The molecule has 0 aliphatic carbocycles. The van der Waals surface area contributed by atoms with Crippen LogP contribution in [0.4, 0.5) is 5.69 Å². The number of rotatable bonds is 3. The highest BCUT2D eigenvalue weighted by Gasteiger charge is 2.20. The van der Waals surface area contributed by atoms with E-state index < -0.39 is 0 Å². The minimum atomic E-state index is -0.117. The molecule has 1 aliphatic heterocycles. The molecular weight excluding hydrogens is 356 g/mol. The number of hydrogen-bond donors (Lipinski definition) is 1. The molecule has 4 rings (SSSR count). The number of nitrogens with zero attached hydrogens (tertiary/aromatic N) is 3. The lowest BCUT2D eigenvalue weighted by Crippen LogP contribution is -2.11. The molecular formula is C21H24N4OS. The Morgan fingerprint density at radius 1 is 1.19 bits per heavy atom. The number of anilines is 1. The van der Waals surface area contributed by atoms with Gasteiger partial charge in [-0.05, 0) is 25.0 Å². The van der Waals surface area contributed by atoms with Crippen molar-refractivity contribution in [1.82, 2.24) is 14.5 Å². The van der Waals surface area contributed by atoms with Crippen molar-refractivity contribution in [3.8, 4) is 11.3 Å². The molecule has 1 aliphatic rings. The van der Waals surface area contributed by atoms with E-state index in [2.05, 4.69) is 41.8 Å². The van der Waals surface area contributed by atoms with E-state index in [0.29, 0.717) is 4.88 Å². The van der Waals surface area contributed by atoms with Gasteiger partial charge >= 0.3 is 0 Å². The highest BCUT2D eigenvalue weighted by molar-refractivity contribution is 7.13. The minimum Gasteiger partial charge on any atom is -0.334 e. The number of fused-ring (bicyclic) bond motifs is 1. The number of amides is 1. The average molecular weight is 381 g/mol. The number of nitrogens with one attached hydrogen (secondary N) is 1. The van der Waals surface area contributed by atoms with E-state index in [1.807, 2.05) is 24.3 Å². The Labute approximate surface area is 163 Å². The van der Waals surface area contributed by atoms with E-state index in [4.69, 9.17) is 4.98 Å². The van der Waals surface area contributed by atoms with Gasteiger partial charge in [0, 0.05) is 35.8 Å². The molecule has 2 aromatic heterocycles. The zero-order chi connectivity index (χ0) is 19.0. The van der Waals surface area contributed by atoms with Crippen molar-refractivity contribution < 1.29 is 4.79 Å². The second-order valence-electron chi connectivity index (χ2n) is 8.00. The van der Waals surface area contributed by atoms with Gasteiger partial charge in [-0.3, -0.25) is 4.79 Å². The third-order valence-corrected chi connectivity index (χ3v) is 6.14. The van der Waals surface area contributed by atoms with Gasteiger partial charge in [0.1, 0.15) is 10.7 Å². The number of aromatic nitrogens is 3. The number of carbonyl (C=O) groups is 1. The molecule has 6 heteroatoms. The fourth-order valence-corrected chi connectivity index (χ4v) is 4.06. The van der Waals surface area contributed by atoms with Gasteiger partial charge in [0.15, 0.2) is 0 Å². The third kappa shape index (κ3) is 3.81. The highest BCUT2D eigenvalue weighted by atomic mass is 32.1. The maximum Gasteiger partial charge on any atom is 0.267 e. The van der Waals surface area contributed by atoms with Crippen molar-refractivity contribution in [3.05, 3.63) is 52.4 Å². The molecule has 0 saturated carbocycles. The van der Waals surface area contributed by atoms with Crippen LogP contribution in [0.5, 0.6) is 0 Å². The molecule has 0 atom stereocenters. The van der Waals surface area contributed by atoms with E-state index in [1.54, 1.807) is 6.20 Å². The lowest BCUT2D eigenvalue weighted by Gasteiger charge is -2.13. The summed E-state index contributed by atoms with van der Waals surface area (Å²) in [6.45, 7) is 7.35. The van der Waals surface area contributed by atoms with Gasteiger partial charge in [0.05, 0.1) is 16.9 Å². The van der Waals surface area contributed by atoms with E-state index in [9.17, 15) is 4.79 Å². The number of hydrogen-bond acceptors (Lipinski definition) is 4. The molecule has 0 saturated heterocycles. The van der Waals surface area contributed by atoms with Crippen molar-refractivity contribution in [3.63, 3.8) is 0 Å². The molecule has 0 radical (unpaired) electrons. The summed E-state index contributed by atoms with van der Waals surface area (Å²) in [5.41, 5.74) is 2.80. The van der Waals surface area contributed by atoms with Crippen LogP contribution in [0, 0.1) is 0 Å². The molecule has 1 aromatic carbocycles. The maximum absolute atomic E-state index is 12.5. The molecule has 5 nitrogen and oxygen atoms in total. The van der Waals surface area contributed by atoms with Gasteiger partial charge in [-0.1, -0.05) is 32.9 Å². The predicted molar refractivity (Wildman–Crippen MR) is 109 cm³/mol. The lowest BCUT2D eigenvalue weighted by molar-refractivity contribution is 0.103. The summed E-state index contributed by atoms with van der Waals surface area (Å²) in [5.74, 6) is 1.06. The number of aryl methyl sites for hydroxylation is 2. The van der Waals surface area contributed by atoms with Crippen LogP contribution in [0.15, 0.2) is 36.7 Å². The first-order valence-electron chi connectivity index (χ1n) is 9.34. The van der Waals surface area contributed by atoms with Crippen LogP contribution in [0.25, 0.3) is 11.3 Å². The molecule has 0 unspecified atom stereocenters. The largest absolute Gasteiger partial charge is 0.334 e. The normalized spacial score (nSPS) is 14.0.